The molecule has 2 rings (SSSR count). The maximum Gasteiger partial charge on any atom is 0.152 e. The molecule has 1 aromatic carbocycles. The molecule has 0 aliphatic carbocycles. The van der Waals surface area contributed by atoms with E-state index in [1.54, 1.807) is 23.7 Å². The number of para-hydroxylation sites is 1. The van der Waals surface area contributed by atoms with Gasteiger partial charge < -0.3 is 11.1 Å². The van der Waals surface area contributed by atoms with E-state index in [2.05, 4.69) is 10.4 Å². The Hall–Kier alpha value is -1.75. The van der Waals surface area contributed by atoms with E-state index in [9.17, 15) is 4.39 Å². The number of benzene rings is 1. The average Bonchev–Trinajstić information content (AvgIpc) is 2.61. The Morgan fingerprint density at radius 1 is 1.50 bits per heavy atom. The summed E-state index contributed by atoms with van der Waals surface area (Å²) in [4.78, 5) is 0. The first-order chi connectivity index (χ1) is 8.54. The summed E-state index contributed by atoms with van der Waals surface area (Å²) in [7, 11) is 0. The number of nitrogen functional groups attached to an aromatic ring is 1. The van der Waals surface area contributed by atoms with Crippen molar-refractivity contribution in [1.29, 1.82) is 0 Å². The van der Waals surface area contributed by atoms with Crippen LogP contribution in [0.25, 0.3) is 0 Å². The Labute approximate surface area is 110 Å². The summed E-state index contributed by atoms with van der Waals surface area (Å²) in [5.41, 5.74) is 7.32. The summed E-state index contributed by atoms with van der Waals surface area (Å²) >= 11 is 5.96. The second kappa shape index (κ2) is 4.86. The molecule has 2 aromatic rings. The molecule has 0 fully saturated rings. The molecule has 0 aliphatic rings. The van der Waals surface area contributed by atoms with Gasteiger partial charge in [0.15, 0.2) is 5.82 Å². The van der Waals surface area contributed by atoms with Gasteiger partial charge in [-0.15, -0.1) is 0 Å². The Morgan fingerprint density at radius 2 is 2.22 bits per heavy atom. The molecule has 96 valence electrons. The summed E-state index contributed by atoms with van der Waals surface area (Å²) < 4.78 is 15.4. The maximum atomic E-state index is 13.7. The van der Waals surface area contributed by atoms with Crippen molar-refractivity contribution < 1.29 is 4.39 Å². The zero-order valence-electron chi connectivity index (χ0n) is 10.2. The standard InChI is InChI=1S/C12H14ClFN4/c1-3-18-12(10(15)7(2)17-18)16-11-8(13)5-4-6-9(11)14/h4-6,16H,3,15H2,1-2H3. The van der Waals surface area contributed by atoms with Gasteiger partial charge in [0.25, 0.3) is 0 Å². The summed E-state index contributed by atoms with van der Waals surface area (Å²) in [6.07, 6.45) is 0. The van der Waals surface area contributed by atoms with Crippen molar-refractivity contribution in [2.24, 2.45) is 0 Å². The molecule has 0 amide bonds. The highest BCUT2D eigenvalue weighted by molar-refractivity contribution is 6.33. The van der Waals surface area contributed by atoms with Crippen molar-refractivity contribution >= 4 is 28.8 Å². The van der Waals surface area contributed by atoms with E-state index in [0.717, 1.165) is 0 Å². The molecule has 0 aliphatic heterocycles. The first kappa shape index (κ1) is 12.7. The fraction of sp³-hybridized carbons (Fsp3) is 0.250. The largest absolute Gasteiger partial charge is 0.394 e. The van der Waals surface area contributed by atoms with Crippen molar-refractivity contribution in [3.05, 3.63) is 34.7 Å². The maximum absolute atomic E-state index is 13.7. The van der Waals surface area contributed by atoms with Crippen molar-refractivity contribution in [1.82, 2.24) is 9.78 Å². The lowest BCUT2D eigenvalue weighted by atomic mass is 10.3. The van der Waals surface area contributed by atoms with E-state index < -0.39 is 5.82 Å². The van der Waals surface area contributed by atoms with E-state index in [0.29, 0.717) is 28.8 Å². The number of aryl methyl sites for hydroxylation is 2. The van der Waals surface area contributed by atoms with Gasteiger partial charge in [-0.1, -0.05) is 17.7 Å². The van der Waals surface area contributed by atoms with E-state index in [1.165, 1.54) is 6.07 Å². The van der Waals surface area contributed by atoms with Gasteiger partial charge >= 0.3 is 0 Å². The predicted octanol–water partition coefficient (Wildman–Crippen LogP) is 3.33. The van der Waals surface area contributed by atoms with Crippen LogP contribution in [0.2, 0.25) is 5.02 Å². The van der Waals surface area contributed by atoms with Gasteiger partial charge in [0.05, 0.1) is 22.1 Å². The van der Waals surface area contributed by atoms with Crippen LogP contribution in [0.15, 0.2) is 18.2 Å². The van der Waals surface area contributed by atoms with Crippen LogP contribution in [0.1, 0.15) is 12.6 Å². The number of anilines is 3. The normalized spacial score (nSPS) is 10.7. The lowest BCUT2D eigenvalue weighted by molar-refractivity contribution is 0.629. The monoisotopic (exact) mass is 268 g/mol. The molecular weight excluding hydrogens is 255 g/mol. The Bertz CT molecular complexity index is 559. The van der Waals surface area contributed by atoms with Crippen LogP contribution < -0.4 is 11.1 Å². The third-order valence-corrected chi connectivity index (χ3v) is 2.99. The molecule has 6 heteroatoms. The van der Waals surface area contributed by atoms with Crippen LogP contribution in [0.3, 0.4) is 0 Å². The zero-order chi connectivity index (χ0) is 13.3. The fourth-order valence-electron chi connectivity index (χ4n) is 1.69. The summed E-state index contributed by atoms with van der Waals surface area (Å²) in [6, 6.07) is 4.50. The van der Waals surface area contributed by atoms with Crippen LogP contribution in [0.5, 0.6) is 0 Å². The topological polar surface area (TPSA) is 55.9 Å². The fourth-order valence-corrected chi connectivity index (χ4v) is 1.90. The van der Waals surface area contributed by atoms with Crippen LogP contribution in [-0.4, -0.2) is 9.78 Å². The molecule has 0 unspecified atom stereocenters. The molecule has 0 bridgehead atoms. The number of nitrogens with two attached hydrogens (primary N) is 1. The first-order valence-electron chi connectivity index (χ1n) is 5.58. The molecule has 1 aromatic heterocycles. The van der Waals surface area contributed by atoms with E-state index in [1.807, 2.05) is 6.92 Å². The second-order valence-electron chi connectivity index (χ2n) is 3.89. The van der Waals surface area contributed by atoms with Gasteiger partial charge in [-0.25, -0.2) is 9.07 Å². The molecule has 18 heavy (non-hydrogen) atoms. The first-order valence-corrected chi connectivity index (χ1v) is 5.96. The van der Waals surface area contributed by atoms with Crippen molar-refractivity contribution in [3.8, 4) is 0 Å². The average molecular weight is 269 g/mol. The van der Waals surface area contributed by atoms with Crippen molar-refractivity contribution in [2.75, 3.05) is 11.1 Å². The molecule has 0 spiro atoms. The number of hydrogen-bond donors (Lipinski definition) is 2. The second-order valence-corrected chi connectivity index (χ2v) is 4.29. The molecular formula is C12H14ClFN4. The van der Waals surface area contributed by atoms with Gasteiger partial charge in [0.1, 0.15) is 5.82 Å². The Morgan fingerprint density at radius 3 is 2.83 bits per heavy atom. The Balaban J connectivity index is 2.46. The number of aromatic nitrogens is 2. The Kier molecular flexibility index (Phi) is 3.43. The highest BCUT2D eigenvalue weighted by atomic mass is 35.5. The van der Waals surface area contributed by atoms with Gasteiger partial charge in [-0.05, 0) is 26.0 Å². The SMILES string of the molecule is CCn1nc(C)c(N)c1Nc1c(F)cccc1Cl. The van der Waals surface area contributed by atoms with Gasteiger partial charge in [-0.2, -0.15) is 5.10 Å². The number of halogens is 2. The molecule has 4 nitrogen and oxygen atoms in total. The van der Waals surface area contributed by atoms with E-state index in [-0.39, 0.29) is 5.69 Å². The van der Waals surface area contributed by atoms with Gasteiger partial charge in [0, 0.05) is 6.54 Å². The van der Waals surface area contributed by atoms with E-state index >= 15 is 0 Å². The third-order valence-electron chi connectivity index (χ3n) is 2.68. The summed E-state index contributed by atoms with van der Waals surface area (Å²) in [6.45, 7) is 4.36. The minimum Gasteiger partial charge on any atom is -0.394 e. The number of nitrogens with zero attached hydrogens (tertiary/aromatic N) is 2. The number of rotatable bonds is 3. The van der Waals surface area contributed by atoms with Crippen molar-refractivity contribution in [2.45, 2.75) is 20.4 Å². The zero-order valence-corrected chi connectivity index (χ0v) is 10.9. The molecule has 1 heterocycles. The van der Waals surface area contributed by atoms with Crippen LogP contribution in [-0.2, 0) is 6.54 Å². The molecule has 0 radical (unpaired) electrons. The smallest absolute Gasteiger partial charge is 0.152 e. The predicted molar refractivity (Wildman–Crippen MR) is 71.7 cm³/mol. The summed E-state index contributed by atoms with van der Waals surface area (Å²) in [5.74, 6) is 0.130. The number of nitrogens with one attached hydrogen (secondary N) is 1. The van der Waals surface area contributed by atoms with Gasteiger partial charge in [-0.3, -0.25) is 0 Å². The number of hydrogen-bond acceptors (Lipinski definition) is 3. The molecule has 3 N–H and O–H groups in total. The highest BCUT2D eigenvalue weighted by Crippen LogP contribution is 2.31. The van der Waals surface area contributed by atoms with Crippen LogP contribution >= 0.6 is 11.6 Å². The van der Waals surface area contributed by atoms with Gasteiger partial charge in [0.2, 0.25) is 0 Å². The highest BCUT2D eigenvalue weighted by Gasteiger charge is 2.15. The minimum atomic E-state index is -0.427. The van der Waals surface area contributed by atoms with Crippen LogP contribution in [0.4, 0.5) is 21.6 Å². The third kappa shape index (κ3) is 2.13. The van der Waals surface area contributed by atoms with E-state index in [4.69, 9.17) is 17.3 Å². The molecule has 0 saturated carbocycles. The lowest BCUT2D eigenvalue weighted by Crippen LogP contribution is -2.05. The van der Waals surface area contributed by atoms with Crippen LogP contribution in [0, 0.1) is 12.7 Å². The summed E-state index contributed by atoms with van der Waals surface area (Å²) in [5, 5.41) is 7.47. The molecule has 0 atom stereocenters. The molecule has 0 saturated heterocycles. The lowest BCUT2D eigenvalue weighted by Gasteiger charge is -2.11. The quantitative estimate of drug-likeness (QED) is 0.898. The van der Waals surface area contributed by atoms with Crippen molar-refractivity contribution in [3.63, 3.8) is 0 Å². The minimum absolute atomic E-state index is 0.209.